The summed E-state index contributed by atoms with van der Waals surface area (Å²) in [5.74, 6) is 1.69. The highest BCUT2D eigenvalue weighted by molar-refractivity contribution is 5.98. The number of aryl methyl sites for hydroxylation is 2. The quantitative estimate of drug-likeness (QED) is 0.490. The number of benzene rings is 2. The molecule has 0 aromatic heterocycles. The lowest BCUT2D eigenvalue weighted by Gasteiger charge is -2.13. The third kappa shape index (κ3) is 5.62. The lowest BCUT2D eigenvalue weighted by Crippen LogP contribution is -2.07. The van der Waals surface area contributed by atoms with Gasteiger partial charge in [-0.15, -0.1) is 0 Å². The fourth-order valence-corrected chi connectivity index (χ4v) is 2.82. The second-order valence-electron chi connectivity index (χ2n) is 6.41. The number of para-hydroxylation sites is 1. The molecule has 0 aliphatic heterocycles. The van der Waals surface area contributed by atoms with Crippen molar-refractivity contribution in [1.82, 2.24) is 0 Å². The molecular formula is C23H30O3. The van der Waals surface area contributed by atoms with Crippen LogP contribution in [0.25, 0.3) is 0 Å². The Morgan fingerprint density at radius 3 is 2.27 bits per heavy atom. The standard InChI is InChI=1S/C23H30O3/c1-4-15-25-22-14-11-18(6-3)17-19(22)12-13-21(24)20-9-7-8-10-23(20)26-16-5-2/h7-11,14,17H,4-6,12-13,15-16H2,1-3H3. The molecule has 0 saturated carbocycles. The summed E-state index contributed by atoms with van der Waals surface area (Å²) in [7, 11) is 0. The van der Waals surface area contributed by atoms with Crippen molar-refractivity contribution in [3.8, 4) is 11.5 Å². The molecule has 140 valence electrons. The maximum atomic E-state index is 12.8. The molecule has 3 nitrogen and oxygen atoms in total. The summed E-state index contributed by atoms with van der Waals surface area (Å²) in [4.78, 5) is 12.8. The van der Waals surface area contributed by atoms with E-state index >= 15 is 0 Å². The van der Waals surface area contributed by atoms with E-state index in [2.05, 4.69) is 32.9 Å². The van der Waals surface area contributed by atoms with Gasteiger partial charge in [-0.2, -0.15) is 0 Å². The first-order chi connectivity index (χ1) is 12.7. The first-order valence-electron chi connectivity index (χ1n) is 9.69. The van der Waals surface area contributed by atoms with Crippen LogP contribution in [0.2, 0.25) is 0 Å². The van der Waals surface area contributed by atoms with Gasteiger partial charge in [0.25, 0.3) is 0 Å². The summed E-state index contributed by atoms with van der Waals surface area (Å²) in [5, 5.41) is 0. The maximum absolute atomic E-state index is 12.8. The lowest BCUT2D eigenvalue weighted by molar-refractivity contribution is 0.0978. The predicted molar refractivity (Wildman–Crippen MR) is 106 cm³/mol. The van der Waals surface area contributed by atoms with E-state index in [-0.39, 0.29) is 5.78 Å². The van der Waals surface area contributed by atoms with Crippen molar-refractivity contribution in [3.63, 3.8) is 0 Å². The monoisotopic (exact) mass is 354 g/mol. The number of Topliss-reactive ketones (excluding diaryl/α,β-unsaturated/α-hetero) is 1. The molecular weight excluding hydrogens is 324 g/mol. The Hall–Kier alpha value is -2.29. The average molecular weight is 354 g/mol. The van der Waals surface area contributed by atoms with Crippen LogP contribution in [0.15, 0.2) is 42.5 Å². The third-order valence-electron chi connectivity index (χ3n) is 4.27. The van der Waals surface area contributed by atoms with Crippen LogP contribution < -0.4 is 9.47 Å². The lowest BCUT2D eigenvalue weighted by atomic mass is 9.99. The van der Waals surface area contributed by atoms with E-state index in [0.717, 1.165) is 30.6 Å². The molecule has 0 heterocycles. The normalized spacial score (nSPS) is 10.6. The first kappa shape index (κ1) is 20.0. The molecule has 0 N–H and O–H groups in total. The number of hydrogen-bond acceptors (Lipinski definition) is 3. The minimum atomic E-state index is 0.111. The largest absolute Gasteiger partial charge is 0.493 e. The van der Waals surface area contributed by atoms with E-state index < -0.39 is 0 Å². The minimum absolute atomic E-state index is 0.111. The Labute approximate surface area is 157 Å². The second-order valence-corrected chi connectivity index (χ2v) is 6.41. The van der Waals surface area contributed by atoms with Crippen molar-refractivity contribution >= 4 is 5.78 Å². The van der Waals surface area contributed by atoms with E-state index in [9.17, 15) is 4.79 Å². The average Bonchev–Trinajstić information content (AvgIpc) is 2.69. The van der Waals surface area contributed by atoms with Crippen molar-refractivity contribution in [2.75, 3.05) is 13.2 Å². The van der Waals surface area contributed by atoms with Gasteiger partial charge in [0.2, 0.25) is 0 Å². The molecule has 0 unspecified atom stereocenters. The van der Waals surface area contributed by atoms with Crippen molar-refractivity contribution in [3.05, 3.63) is 59.2 Å². The number of carbonyl (C=O) groups excluding carboxylic acids is 1. The summed E-state index contributed by atoms with van der Waals surface area (Å²) in [5.41, 5.74) is 3.05. The highest BCUT2D eigenvalue weighted by Crippen LogP contribution is 2.25. The SMILES string of the molecule is CCCOc1ccc(CC)cc1CCC(=O)c1ccccc1OCCC. The maximum Gasteiger partial charge on any atom is 0.166 e. The topological polar surface area (TPSA) is 35.5 Å². The summed E-state index contributed by atoms with van der Waals surface area (Å²) in [6, 6.07) is 13.8. The van der Waals surface area contributed by atoms with E-state index in [1.165, 1.54) is 5.56 Å². The Morgan fingerprint density at radius 1 is 0.885 bits per heavy atom. The molecule has 0 aliphatic rings. The molecule has 2 aromatic rings. The van der Waals surface area contributed by atoms with Crippen LogP contribution in [-0.2, 0) is 12.8 Å². The van der Waals surface area contributed by atoms with Gasteiger partial charge in [-0.3, -0.25) is 4.79 Å². The molecule has 0 amide bonds. The molecule has 2 aromatic carbocycles. The zero-order valence-corrected chi connectivity index (χ0v) is 16.2. The number of ketones is 1. The summed E-state index contributed by atoms with van der Waals surface area (Å²) in [6.45, 7) is 7.61. The van der Waals surface area contributed by atoms with Gasteiger partial charge in [-0.1, -0.05) is 45.0 Å². The molecule has 0 spiro atoms. The second kappa shape index (κ2) is 10.6. The fourth-order valence-electron chi connectivity index (χ4n) is 2.82. The van der Waals surface area contributed by atoms with E-state index in [4.69, 9.17) is 9.47 Å². The number of hydrogen-bond donors (Lipinski definition) is 0. The summed E-state index contributed by atoms with van der Waals surface area (Å²) >= 11 is 0. The van der Waals surface area contributed by atoms with Gasteiger partial charge < -0.3 is 9.47 Å². The van der Waals surface area contributed by atoms with E-state index in [1.54, 1.807) is 0 Å². The highest BCUT2D eigenvalue weighted by atomic mass is 16.5. The highest BCUT2D eigenvalue weighted by Gasteiger charge is 2.14. The molecule has 0 saturated heterocycles. The van der Waals surface area contributed by atoms with E-state index in [1.807, 2.05) is 30.3 Å². The first-order valence-corrected chi connectivity index (χ1v) is 9.69. The van der Waals surface area contributed by atoms with Gasteiger partial charge in [-0.05, 0) is 55.0 Å². The van der Waals surface area contributed by atoms with Crippen LogP contribution >= 0.6 is 0 Å². The van der Waals surface area contributed by atoms with Gasteiger partial charge in [0, 0.05) is 6.42 Å². The van der Waals surface area contributed by atoms with Crippen molar-refractivity contribution < 1.29 is 14.3 Å². The Balaban J connectivity index is 2.11. The molecule has 3 heteroatoms. The fraction of sp³-hybridized carbons (Fsp3) is 0.435. The molecule has 26 heavy (non-hydrogen) atoms. The van der Waals surface area contributed by atoms with Crippen LogP contribution in [0.5, 0.6) is 11.5 Å². The molecule has 0 bridgehead atoms. The van der Waals surface area contributed by atoms with Gasteiger partial charge in [0.05, 0.1) is 18.8 Å². The molecule has 0 fully saturated rings. The Morgan fingerprint density at radius 2 is 1.58 bits per heavy atom. The van der Waals surface area contributed by atoms with Crippen LogP contribution in [-0.4, -0.2) is 19.0 Å². The zero-order valence-electron chi connectivity index (χ0n) is 16.2. The number of rotatable bonds is 11. The van der Waals surface area contributed by atoms with Crippen molar-refractivity contribution in [1.29, 1.82) is 0 Å². The minimum Gasteiger partial charge on any atom is -0.493 e. The number of carbonyl (C=O) groups is 1. The van der Waals surface area contributed by atoms with E-state index in [0.29, 0.717) is 37.4 Å². The smallest absolute Gasteiger partial charge is 0.166 e. The van der Waals surface area contributed by atoms with Crippen LogP contribution in [0, 0.1) is 0 Å². The third-order valence-corrected chi connectivity index (χ3v) is 4.27. The molecule has 0 atom stereocenters. The van der Waals surface area contributed by atoms with Crippen molar-refractivity contribution in [2.24, 2.45) is 0 Å². The summed E-state index contributed by atoms with van der Waals surface area (Å²) < 4.78 is 11.6. The van der Waals surface area contributed by atoms with Crippen LogP contribution in [0.3, 0.4) is 0 Å². The number of ether oxygens (including phenoxy) is 2. The van der Waals surface area contributed by atoms with Crippen LogP contribution in [0.1, 0.15) is 61.5 Å². The van der Waals surface area contributed by atoms with Crippen LogP contribution in [0.4, 0.5) is 0 Å². The Kier molecular flexibility index (Phi) is 8.20. The van der Waals surface area contributed by atoms with Gasteiger partial charge in [0.1, 0.15) is 11.5 Å². The Bertz CT molecular complexity index is 706. The van der Waals surface area contributed by atoms with Gasteiger partial charge in [-0.25, -0.2) is 0 Å². The zero-order chi connectivity index (χ0) is 18.8. The van der Waals surface area contributed by atoms with Gasteiger partial charge in [0.15, 0.2) is 5.78 Å². The summed E-state index contributed by atoms with van der Waals surface area (Å²) in [6.07, 6.45) is 3.99. The van der Waals surface area contributed by atoms with Crippen molar-refractivity contribution in [2.45, 2.75) is 52.9 Å². The predicted octanol–water partition coefficient (Wildman–Crippen LogP) is 5.64. The molecule has 0 aliphatic carbocycles. The molecule has 2 rings (SSSR count). The molecule has 0 radical (unpaired) electrons. The van der Waals surface area contributed by atoms with Gasteiger partial charge >= 0.3 is 0 Å².